The molecule has 0 spiro atoms. The van der Waals surface area contributed by atoms with Crippen LogP contribution < -0.4 is 5.32 Å². The van der Waals surface area contributed by atoms with E-state index in [9.17, 15) is 4.79 Å². The second-order valence-electron chi connectivity index (χ2n) is 10.6. The molecule has 184 valence electrons. The molecule has 7 heteroatoms. The summed E-state index contributed by atoms with van der Waals surface area (Å²) in [5, 5.41) is 4.56. The first-order valence-corrected chi connectivity index (χ1v) is 13.0. The van der Waals surface area contributed by atoms with Gasteiger partial charge in [-0.2, -0.15) is 0 Å². The summed E-state index contributed by atoms with van der Waals surface area (Å²) in [6, 6.07) is 8.21. The maximum atomic E-state index is 12.0. The van der Waals surface area contributed by atoms with Crippen molar-refractivity contribution in [2.75, 3.05) is 6.54 Å². The van der Waals surface area contributed by atoms with Crippen LogP contribution in [0, 0.1) is 11.8 Å². The molecule has 1 aliphatic rings. The van der Waals surface area contributed by atoms with Gasteiger partial charge >= 0.3 is 6.09 Å². The number of amides is 1. The number of carbonyl (C=O) groups excluding carboxylic acids is 1. The molecular weight excluding hydrogens is 448 g/mol. The van der Waals surface area contributed by atoms with E-state index in [1.165, 1.54) is 0 Å². The molecule has 0 radical (unpaired) electrons. The van der Waals surface area contributed by atoms with Gasteiger partial charge in [-0.1, -0.05) is 43.1 Å². The molecule has 3 aromatic rings. The van der Waals surface area contributed by atoms with E-state index in [4.69, 9.17) is 21.3 Å². The lowest BCUT2D eigenvalue weighted by Gasteiger charge is -2.30. The highest BCUT2D eigenvalue weighted by atomic mass is 35.5. The number of fused-ring (bicyclic) bond motifs is 3. The summed E-state index contributed by atoms with van der Waals surface area (Å²) in [5.74, 6) is 2.20. The average Bonchev–Trinajstić information content (AvgIpc) is 3.15. The predicted octanol–water partition coefficient (Wildman–Crippen LogP) is 6.91. The van der Waals surface area contributed by atoms with Gasteiger partial charge in [0, 0.05) is 24.9 Å². The molecule has 1 N–H and O–H groups in total. The van der Waals surface area contributed by atoms with Crippen LogP contribution in [0.4, 0.5) is 4.79 Å². The Balaban J connectivity index is 1.48. The lowest BCUT2D eigenvalue weighted by atomic mass is 9.82. The molecule has 0 bridgehead atoms. The maximum Gasteiger partial charge on any atom is 0.407 e. The number of aromatic nitrogens is 3. The number of nitrogens with one attached hydrogen (secondary N) is 1. The van der Waals surface area contributed by atoms with Gasteiger partial charge in [-0.15, -0.1) is 0 Å². The Morgan fingerprint density at radius 3 is 2.56 bits per heavy atom. The van der Waals surface area contributed by atoms with Crippen LogP contribution in [0.15, 0.2) is 24.3 Å². The highest BCUT2D eigenvalue weighted by Gasteiger charge is 2.25. The smallest absolute Gasteiger partial charge is 0.407 e. The standard InChI is InChI=1S/C27H37ClN4O2/c1-5-6-11-22-31-23-24(20-9-7-8-10-21(20)30-25(23)28)32(22)17-19-14-12-18(13-15-19)16-29-26(33)34-27(2,3)4/h7-10,18-19H,5-6,11-17H2,1-4H3,(H,29,33). The highest BCUT2D eigenvalue weighted by molar-refractivity contribution is 6.35. The van der Waals surface area contributed by atoms with Crippen LogP contribution in [0.1, 0.15) is 72.0 Å². The molecule has 0 aliphatic heterocycles. The summed E-state index contributed by atoms with van der Waals surface area (Å²) in [5.41, 5.74) is 2.39. The third kappa shape index (κ3) is 5.83. The van der Waals surface area contributed by atoms with E-state index in [1.54, 1.807) is 0 Å². The summed E-state index contributed by atoms with van der Waals surface area (Å²) in [4.78, 5) is 21.6. The van der Waals surface area contributed by atoms with Gasteiger partial charge in [0.1, 0.15) is 16.9 Å². The van der Waals surface area contributed by atoms with Crippen LogP contribution >= 0.6 is 11.6 Å². The number of hydrogen-bond donors (Lipinski definition) is 1. The lowest BCUT2D eigenvalue weighted by molar-refractivity contribution is 0.0513. The number of hydrogen-bond acceptors (Lipinski definition) is 4. The van der Waals surface area contributed by atoms with Crippen LogP contribution in [0.3, 0.4) is 0 Å². The number of unbranched alkanes of at least 4 members (excludes halogenated alkanes) is 1. The first-order valence-electron chi connectivity index (χ1n) is 12.7. The molecular formula is C27H37ClN4O2. The minimum atomic E-state index is -0.465. The molecule has 0 saturated heterocycles. The summed E-state index contributed by atoms with van der Waals surface area (Å²) in [7, 11) is 0. The fourth-order valence-electron chi connectivity index (χ4n) is 4.99. The third-order valence-corrected chi connectivity index (χ3v) is 6.98. The van der Waals surface area contributed by atoms with Crippen molar-refractivity contribution < 1.29 is 9.53 Å². The molecule has 2 heterocycles. The number of alkyl carbamates (subject to hydrolysis) is 1. The minimum absolute atomic E-state index is 0.322. The topological polar surface area (TPSA) is 69.0 Å². The zero-order valence-corrected chi connectivity index (χ0v) is 21.6. The molecule has 1 fully saturated rings. The van der Waals surface area contributed by atoms with Gasteiger partial charge < -0.3 is 14.6 Å². The van der Waals surface area contributed by atoms with Crippen molar-refractivity contribution in [2.45, 2.75) is 84.8 Å². The van der Waals surface area contributed by atoms with E-state index in [1.807, 2.05) is 32.9 Å². The highest BCUT2D eigenvalue weighted by Crippen LogP contribution is 2.34. The lowest BCUT2D eigenvalue weighted by Crippen LogP contribution is -2.36. The Morgan fingerprint density at radius 2 is 1.85 bits per heavy atom. The molecule has 1 saturated carbocycles. The maximum absolute atomic E-state index is 12.0. The Kier molecular flexibility index (Phi) is 7.66. The number of ether oxygens (including phenoxy) is 1. The molecule has 1 amide bonds. The number of carbonyl (C=O) groups is 1. The van der Waals surface area contributed by atoms with Gasteiger partial charge in [0.2, 0.25) is 0 Å². The number of pyridine rings is 1. The van der Waals surface area contributed by atoms with Gasteiger partial charge in [0.25, 0.3) is 0 Å². The van der Waals surface area contributed by atoms with Gasteiger partial charge in [-0.05, 0) is 70.8 Å². The third-order valence-electron chi connectivity index (χ3n) is 6.71. The monoisotopic (exact) mass is 484 g/mol. The van der Waals surface area contributed by atoms with Gasteiger partial charge in [0.05, 0.1) is 11.0 Å². The van der Waals surface area contributed by atoms with Crippen molar-refractivity contribution in [3.63, 3.8) is 0 Å². The SMILES string of the molecule is CCCCc1nc2c(Cl)nc3ccccc3c2n1CC1CCC(CNC(=O)OC(C)(C)C)CC1. The molecule has 1 aliphatic carbocycles. The second-order valence-corrected chi connectivity index (χ2v) is 11.0. The van der Waals surface area contributed by atoms with Crippen molar-refractivity contribution in [2.24, 2.45) is 11.8 Å². The summed E-state index contributed by atoms with van der Waals surface area (Å²) < 4.78 is 7.80. The number of para-hydroxylation sites is 1. The molecule has 0 unspecified atom stereocenters. The normalized spacial score (nSPS) is 19.0. The van der Waals surface area contributed by atoms with E-state index >= 15 is 0 Å². The van der Waals surface area contributed by atoms with Crippen molar-refractivity contribution in [1.29, 1.82) is 0 Å². The average molecular weight is 485 g/mol. The van der Waals surface area contributed by atoms with Gasteiger partial charge in [-0.25, -0.2) is 14.8 Å². The summed E-state index contributed by atoms with van der Waals surface area (Å²) >= 11 is 6.59. The van der Waals surface area contributed by atoms with E-state index in [0.29, 0.717) is 23.5 Å². The van der Waals surface area contributed by atoms with Crippen LogP contribution in [0.5, 0.6) is 0 Å². The first kappa shape index (κ1) is 24.8. The number of rotatable bonds is 7. The van der Waals surface area contributed by atoms with E-state index in [2.05, 4.69) is 33.9 Å². The molecule has 4 rings (SSSR count). The van der Waals surface area contributed by atoms with E-state index in [-0.39, 0.29) is 6.09 Å². The molecule has 1 aromatic carbocycles. The van der Waals surface area contributed by atoms with Gasteiger partial charge in [-0.3, -0.25) is 0 Å². The van der Waals surface area contributed by atoms with Crippen molar-refractivity contribution in [3.05, 3.63) is 35.2 Å². The van der Waals surface area contributed by atoms with Gasteiger partial charge in [0.15, 0.2) is 5.15 Å². The Labute approximate surface area is 207 Å². The fourth-order valence-corrected chi connectivity index (χ4v) is 5.21. The second kappa shape index (κ2) is 10.5. The van der Waals surface area contributed by atoms with Crippen LogP contribution in [-0.2, 0) is 17.7 Å². The Bertz CT molecular complexity index is 1140. The Hall–Kier alpha value is -2.34. The number of halogens is 1. The number of nitrogens with zero attached hydrogens (tertiary/aromatic N) is 3. The van der Waals surface area contributed by atoms with Crippen molar-refractivity contribution in [1.82, 2.24) is 19.9 Å². The number of imidazole rings is 1. The van der Waals surface area contributed by atoms with Crippen LogP contribution in [0.25, 0.3) is 21.9 Å². The Morgan fingerprint density at radius 1 is 1.15 bits per heavy atom. The van der Waals surface area contributed by atoms with Crippen LogP contribution in [-0.4, -0.2) is 32.8 Å². The minimum Gasteiger partial charge on any atom is -0.444 e. The number of benzene rings is 1. The summed E-state index contributed by atoms with van der Waals surface area (Å²) in [6.45, 7) is 9.51. The quantitative estimate of drug-likeness (QED) is 0.370. The zero-order valence-electron chi connectivity index (χ0n) is 20.9. The van der Waals surface area contributed by atoms with E-state index in [0.717, 1.165) is 79.3 Å². The van der Waals surface area contributed by atoms with Crippen molar-refractivity contribution >= 4 is 39.6 Å². The zero-order chi connectivity index (χ0) is 24.3. The van der Waals surface area contributed by atoms with E-state index < -0.39 is 5.60 Å². The largest absolute Gasteiger partial charge is 0.444 e. The molecule has 34 heavy (non-hydrogen) atoms. The molecule has 0 atom stereocenters. The van der Waals surface area contributed by atoms with Crippen molar-refractivity contribution in [3.8, 4) is 0 Å². The number of aryl methyl sites for hydroxylation is 1. The molecule has 2 aromatic heterocycles. The first-order chi connectivity index (χ1) is 16.2. The fraction of sp³-hybridized carbons (Fsp3) is 0.593. The summed E-state index contributed by atoms with van der Waals surface area (Å²) in [6.07, 6.45) is 7.37. The molecule has 6 nitrogen and oxygen atoms in total. The predicted molar refractivity (Wildman–Crippen MR) is 138 cm³/mol. The van der Waals surface area contributed by atoms with Crippen LogP contribution in [0.2, 0.25) is 5.15 Å².